The zero-order chi connectivity index (χ0) is 16.7. The van der Waals surface area contributed by atoms with Gasteiger partial charge in [-0.05, 0) is 66.6 Å². The van der Waals surface area contributed by atoms with Crippen molar-refractivity contribution >= 4 is 11.6 Å². The minimum Gasteiger partial charge on any atom is -0.300 e. The lowest BCUT2D eigenvalue weighted by molar-refractivity contribution is -0.182. The number of Topliss-reactive ketones (excluding diaryl/α,β-unsaturated/α-hetero) is 2. The Bertz CT molecular complexity index is 580. The van der Waals surface area contributed by atoms with Gasteiger partial charge in [-0.25, -0.2) is 0 Å². The molecule has 0 heterocycles. The lowest BCUT2D eigenvalue weighted by Gasteiger charge is -2.66. The Balaban J connectivity index is 1.75. The zero-order valence-corrected chi connectivity index (χ0v) is 15.3. The van der Waals surface area contributed by atoms with Gasteiger partial charge in [0.1, 0.15) is 11.6 Å². The third-order valence-corrected chi connectivity index (χ3v) is 9.72. The molecule has 0 spiro atoms. The number of hydrogen-bond acceptors (Lipinski definition) is 2. The van der Waals surface area contributed by atoms with Gasteiger partial charge in [-0.1, -0.05) is 27.7 Å². The number of rotatable bonds is 0. The highest BCUT2D eigenvalue weighted by molar-refractivity contribution is 5.88. The van der Waals surface area contributed by atoms with Crippen molar-refractivity contribution in [1.29, 1.82) is 0 Å². The van der Waals surface area contributed by atoms with Gasteiger partial charge in [0.15, 0.2) is 0 Å². The summed E-state index contributed by atoms with van der Waals surface area (Å²) in [4.78, 5) is 24.8. The molecule has 0 unspecified atom stereocenters. The van der Waals surface area contributed by atoms with Crippen LogP contribution in [0.2, 0.25) is 0 Å². The first-order valence-electron chi connectivity index (χ1n) is 9.71. The summed E-state index contributed by atoms with van der Waals surface area (Å²) < 4.78 is 0. The Morgan fingerprint density at radius 3 is 2.13 bits per heavy atom. The first-order chi connectivity index (χ1) is 10.7. The van der Waals surface area contributed by atoms with Gasteiger partial charge in [0.2, 0.25) is 0 Å². The summed E-state index contributed by atoms with van der Waals surface area (Å²) in [6.07, 6.45) is 9.20. The molecule has 4 rings (SSSR count). The zero-order valence-electron chi connectivity index (χ0n) is 15.3. The highest BCUT2D eigenvalue weighted by Crippen LogP contribution is 2.72. The maximum atomic E-state index is 12.6. The predicted molar refractivity (Wildman–Crippen MR) is 91.0 cm³/mol. The molecule has 23 heavy (non-hydrogen) atoms. The van der Waals surface area contributed by atoms with E-state index in [4.69, 9.17) is 0 Å². The summed E-state index contributed by atoms with van der Waals surface area (Å²) in [5.74, 6) is 2.39. The lowest BCUT2D eigenvalue weighted by atomic mass is 9.38. The Morgan fingerprint density at radius 2 is 1.39 bits per heavy atom. The molecular formula is C21H32O2. The predicted octanol–water partition coefficient (Wildman–Crippen LogP) is 4.95. The molecule has 0 saturated heterocycles. The van der Waals surface area contributed by atoms with E-state index < -0.39 is 0 Å². The molecule has 0 aromatic carbocycles. The topological polar surface area (TPSA) is 34.1 Å². The maximum Gasteiger partial charge on any atom is 0.139 e. The van der Waals surface area contributed by atoms with E-state index in [9.17, 15) is 9.59 Å². The normalized spacial score (nSPS) is 56.0. The van der Waals surface area contributed by atoms with E-state index >= 15 is 0 Å². The fourth-order valence-corrected chi connectivity index (χ4v) is 7.54. The number of carbonyl (C=O) groups is 2. The summed E-state index contributed by atoms with van der Waals surface area (Å²) in [7, 11) is 0. The van der Waals surface area contributed by atoms with Gasteiger partial charge in [0.05, 0.1) is 0 Å². The number of fused-ring (bicyclic) bond motifs is 5. The van der Waals surface area contributed by atoms with E-state index in [1.807, 2.05) is 0 Å². The monoisotopic (exact) mass is 316 g/mol. The molecule has 4 aliphatic rings. The maximum absolute atomic E-state index is 12.6. The van der Waals surface area contributed by atoms with Crippen LogP contribution in [-0.2, 0) is 9.59 Å². The Morgan fingerprint density at radius 1 is 0.783 bits per heavy atom. The van der Waals surface area contributed by atoms with E-state index in [1.54, 1.807) is 0 Å². The molecule has 0 N–H and O–H groups in total. The van der Waals surface area contributed by atoms with Crippen molar-refractivity contribution in [2.24, 2.45) is 33.5 Å². The van der Waals surface area contributed by atoms with Crippen LogP contribution in [0, 0.1) is 33.5 Å². The van der Waals surface area contributed by atoms with Gasteiger partial charge >= 0.3 is 0 Å². The molecule has 2 nitrogen and oxygen atoms in total. The Kier molecular flexibility index (Phi) is 3.09. The molecule has 4 aliphatic carbocycles. The van der Waals surface area contributed by atoms with Crippen molar-refractivity contribution in [1.82, 2.24) is 0 Å². The summed E-state index contributed by atoms with van der Waals surface area (Å²) in [6.45, 7) is 9.56. The van der Waals surface area contributed by atoms with Crippen LogP contribution in [0.4, 0.5) is 0 Å². The highest BCUT2D eigenvalue weighted by Gasteiger charge is 2.67. The van der Waals surface area contributed by atoms with E-state index in [-0.39, 0.29) is 16.2 Å². The van der Waals surface area contributed by atoms with Crippen molar-refractivity contribution in [3.05, 3.63) is 0 Å². The lowest BCUT2D eigenvalue weighted by Crippen LogP contribution is -2.60. The van der Waals surface area contributed by atoms with E-state index in [0.717, 1.165) is 38.5 Å². The third kappa shape index (κ3) is 1.71. The van der Waals surface area contributed by atoms with Crippen LogP contribution in [0.25, 0.3) is 0 Å². The molecular weight excluding hydrogens is 284 g/mol. The molecule has 0 radical (unpaired) electrons. The van der Waals surface area contributed by atoms with Crippen LogP contribution < -0.4 is 0 Å². The van der Waals surface area contributed by atoms with Crippen LogP contribution in [0.3, 0.4) is 0 Å². The second-order valence-electron chi connectivity index (χ2n) is 10.2. The van der Waals surface area contributed by atoms with Gasteiger partial charge in [-0.2, -0.15) is 0 Å². The molecule has 6 atom stereocenters. The quantitative estimate of drug-likeness (QED) is 0.634. The standard InChI is InChI=1S/C21H32O2/c1-18-9-6-16-15(19(18,2)10-5-14(22)13-18)7-11-21(4)17(23)8-12-20(16,21)3/h15-16H,5-13H2,1-4H3/t15-,16-,18+,19+,20-,21+/m1/s1. The van der Waals surface area contributed by atoms with Crippen LogP contribution in [0.5, 0.6) is 0 Å². The van der Waals surface area contributed by atoms with Crippen molar-refractivity contribution < 1.29 is 9.59 Å². The molecule has 0 aliphatic heterocycles. The van der Waals surface area contributed by atoms with Crippen molar-refractivity contribution in [3.8, 4) is 0 Å². The minimum absolute atomic E-state index is 0.0806. The number of carbonyl (C=O) groups excluding carboxylic acids is 2. The Labute approximate surface area is 140 Å². The van der Waals surface area contributed by atoms with Crippen molar-refractivity contribution in [2.45, 2.75) is 85.5 Å². The smallest absolute Gasteiger partial charge is 0.139 e. The summed E-state index contributed by atoms with van der Waals surface area (Å²) in [6, 6.07) is 0. The molecule has 4 fully saturated rings. The summed E-state index contributed by atoms with van der Waals surface area (Å²) in [5, 5.41) is 0. The van der Waals surface area contributed by atoms with Crippen LogP contribution >= 0.6 is 0 Å². The first-order valence-corrected chi connectivity index (χ1v) is 9.71. The van der Waals surface area contributed by atoms with Crippen LogP contribution in [0.15, 0.2) is 0 Å². The van der Waals surface area contributed by atoms with Gasteiger partial charge in [0.25, 0.3) is 0 Å². The average molecular weight is 316 g/mol. The first kappa shape index (κ1) is 15.8. The molecule has 0 bridgehead atoms. The van der Waals surface area contributed by atoms with Crippen LogP contribution in [0.1, 0.15) is 85.5 Å². The van der Waals surface area contributed by atoms with Gasteiger partial charge < -0.3 is 0 Å². The second kappa shape index (κ2) is 4.49. The van der Waals surface area contributed by atoms with E-state index in [2.05, 4.69) is 27.7 Å². The largest absolute Gasteiger partial charge is 0.300 e. The fraction of sp³-hybridized carbons (Fsp3) is 0.905. The highest BCUT2D eigenvalue weighted by atomic mass is 16.1. The third-order valence-electron chi connectivity index (χ3n) is 9.72. The Hall–Kier alpha value is -0.660. The molecule has 0 aromatic heterocycles. The summed E-state index contributed by atoms with van der Waals surface area (Å²) >= 11 is 0. The molecule has 4 saturated carbocycles. The molecule has 128 valence electrons. The minimum atomic E-state index is -0.0806. The van der Waals surface area contributed by atoms with Gasteiger partial charge in [-0.3, -0.25) is 9.59 Å². The number of hydrogen-bond donors (Lipinski definition) is 0. The second-order valence-corrected chi connectivity index (χ2v) is 10.2. The fourth-order valence-electron chi connectivity index (χ4n) is 7.54. The van der Waals surface area contributed by atoms with Crippen molar-refractivity contribution in [2.75, 3.05) is 0 Å². The molecule has 0 aromatic rings. The average Bonchev–Trinajstić information content (AvgIpc) is 2.73. The van der Waals surface area contributed by atoms with Gasteiger partial charge in [-0.15, -0.1) is 0 Å². The van der Waals surface area contributed by atoms with Gasteiger partial charge in [0, 0.05) is 24.7 Å². The van der Waals surface area contributed by atoms with E-state index in [0.29, 0.717) is 28.8 Å². The van der Waals surface area contributed by atoms with Crippen LogP contribution in [-0.4, -0.2) is 11.6 Å². The van der Waals surface area contributed by atoms with Crippen molar-refractivity contribution in [3.63, 3.8) is 0 Å². The number of ketones is 2. The SMILES string of the molecule is C[C@@]12CC[C@@H]3[C@@H](CC[C@@]4(C)C(=O)CC[C@]34C)[C@]1(C)CCC(=O)C2. The molecule has 0 amide bonds. The van der Waals surface area contributed by atoms with E-state index in [1.165, 1.54) is 19.3 Å². The summed E-state index contributed by atoms with van der Waals surface area (Å²) in [5.41, 5.74) is 0.595. The molecule has 2 heteroatoms.